The maximum absolute atomic E-state index is 10.9. The van der Waals surface area contributed by atoms with Gasteiger partial charge in [-0.3, -0.25) is 4.79 Å². The van der Waals surface area contributed by atoms with Crippen LogP contribution in [0.25, 0.3) is 0 Å². The van der Waals surface area contributed by atoms with Gasteiger partial charge in [-0.15, -0.1) is 0 Å². The Bertz CT molecular complexity index is 378. The maximum atomic E-state index is 10.9. The van der Waals surface area contributed by atoms with Crippen LogP contribution in [0.1, 0.15) is 21.5 Å². The van der Waals surface area contributed by atoms with Crippen molar-refractivity contribution in [3.8, 4) is 5.75 Å². The van der Waals surface area contributed by atoms with Gasteiger partial charge in [-0.1, -0.05) is 0 Å². The molecular weight excluding hydrogens is 204 g/mol. The summed E-state index contributed by atoms with van der Waals surface area (Å²) in [6, 6.07) is 3.84. The lowest BCUT2D eigenvalue weighted by molar-refractivity contribution is 0.112. The zero-order valence-electron chi connectivity index (χ0n) is 10.0. The van der Waals surface area contributed by atoms with Gasteiger partial charge in [0.2, 0.25) is 8.32 Å². The predicted octanol–water partition coefficient (Wildman–Crippen LogP) is 3.33. The van der Waals surface area contributed by atoms with Crippen LogP contribution in [-0.4, -0.2) is 14.6 Å². The summed E-state index contributed by atoms with van der Waals surface area (Å²) in [5.74, 6) is 0.729. The summed E-state index contributed by atoms with van der Waals surface area (Å²) in [6.07, 6.45) is 0.863. The van der Waals surface area contributed by atoms with E-state index in [9.17, 15) is 4.79 Å². The van der Waals surface area contributed by atoms with Crippen molar-refractivity contribution in [3.63, 3.8) is 0 Å². The van der Waals surface area contributed by atoms with Crippen LogP contribution in [0.5, 0.6) is 5.75 Å². The number of carbonyl (C=O) groups is 1. The van der Waals surface area contributed by atoms with Crippen molar-refractivity contribution in [2.24, 2.45) is 0 Å². The Morgan fingerprint density at radius 1 is 1.13 bits per heavy atom. The highest BCUT2D eigenvalue weighted by Gasteiger charge is 2.18. The van der Waals surface area contributed by atoms with Crippen LogP contribution in [-0.2, 0) is 0 Å². The Hall–Kier alpha value is -1.09. The van der Waals surface area contributed by atoms with Crippen molar-refractivity contribution in [3.05, 3.63) is 28.8 Å². The number of rotatable bonds is 3. The van der Waals surface area contributed by atoms with E-state index in [0.717, 1.165) is 23.2 Å². The first kappa shape index (κ1) is 12.0. The quantitative estimate of drug-likeness (QED) is 0.579. The normalized spacial score (nSPS) is 11.3. The van der Waals surface area contributed by atoms with Crippen molar-refractivity contribution >= 4 is 14.6 Å². The van der Waals surface area contributed by atoms with E-state index in [1.807, 2.05) is 26.0 Å². The molecule has 2 nitrogen and oxygen atoms in total. The molecule has 0 aromatic heterocycles. The summed E-state index contributed by atoms with van der Waals surface area (Å²) >= 11 is 0. The second-order valence-electron chi connectivity index (χ2n) is 4.81. The number of hydrogen-bond acceptors (Lipinski definition) is 2. The molecule has 0 atom stereocenters. The topological polar surface area (TPSA) is 26.3 Å². The molecule has 0 aliphatic heterocycles. The van der Waals surface area contributed by atoms with Gasteiger partial charge >= 0.3 is 0 Å². The zero-order chi connectivity index (χ0) is 11.6. The highest BCUT2D eigenvalue weighted by Crippen LogP contribution is 2.24. The van der Waals surface area contributed by atoms with Crippen LogP contribution in [0.2, 0.25) is 19.6 Å². The average Bonchev–Trinajstić information content (AvgIpc) is 2.08. The van der Waals surface area contributed by atoms with Crippen LogP contribution in [0.4, 0.5) is 0 Å². The summed E-state index contributed by atoms with van der Waals surface area (Å²) in [5.41, 5.74) is 2.94. The smallest absolute Gasteiger partial charge is 0.242 e. The monoisotopic (exact) mass is 222 g/mol. The van der Waals surface area contributed by atoms with Crippen LogP contribution >= 0.6 is 0 Å². The second-order valence-corrected chi connectivity index (χ2v) is 9.24. The van der Waals surface area contributed by atoms with E-state index in [1.54, 1.807) is 0 Å². The largest absolute Gasteiger partial charge is 0.544 e. The minimum atomic E-state index is -1.64. The molecule has 0 fully saturated rings. The highest BCUT2D eigenvalue weighted by molar-refractivity contribution is 6.70. The zero-order valence-corrected chi connectivity index (χ0v) is 11.0. The fraction of sp³-hybridized carbons (Fsp3) is 0.417. The molecule has 1 aromatic rings. The van der Waals surface area contributed by atoms with Crippen LogP contribution in [0.15, 0.2) is 12.1 Å². The minimum absolute atomic E-state index is 0.653. The molecule has 15 heavy (non-hydrogen) atoms. The van der Waals surface area contributed by atoms with E-state index >= 15 is 0 Å². The number of aryl methyl sites for hydroxylation is 2. The molecule has 82 valence electrons. The lowest BCUT2D eigenvalue weighted by Gasteiger charge is -2.21. The van der Waals surface area contributed by atoms with E-state index in [1.165, 1.54) is 0 Å². The lowest BCUT2D eigenvalue weighted by atomic mass is 10.1. The van der Waals surface area contributed by atoms with Gasteiger partial charge in [-0.05, 0) is 56.7 Å². The van der Waals surface area contributed by atoms with Gasteiger partial charge in [0.25, 0.3) is 0 Å². The van der Waals surface area contributed by atoms with Gasteiger partial charge in [0.1, 0.15) is 5.75 Å². The molecule has 0 saturated carbocycles. The number of hydrogen-bond donors (Lipinski definition) is 0. The van der Waals surface area contributed by atoms with Gasteiger partial charge in [0.15, 0.2) is 6.29 Å². The first-order valence-electron chi connectivity index (χ1n) is 5.09. The van der Waals surface area contributed by atoms with Crippen molar-refractivity contribution < 1.29 is 9.22 Å². The Labute approximate surface area is 92.4 Å². The minimum Gasteiger partial charge on any atom is -0.544 e. The van der Waals surface area contributed by atoms with E-state index in [0.29, 0.717) is 5.56 Å². The second kappa shape index (κ2) is 4.19. The summed E-state index contributed by atoms with van der Waals surface area (Å²) in [4.78, 5) is 10.9. The lowest BCUT2D eigenvalue weighted by Crippen LogP contribution is -2.29. The Kier molecular flexibility index (Phi) is 3.34. The standard InChI is InChI=1S/C12H18O2Si/c1-9-6-11(8-13)12(7-10(9)2)14-15(3,4)5/h6-8H,1-5H3. The summed E-state index contributed by atoms with van der Waals surface area (Å²) in [6.45, 7) is 10.4. The molecule has 0 amide bonds. The molecule has 1 rings (SSSR count). The van der Waals surface area contributed by atoms with E-state index in [4.69, 9.17) is 4.43 Å². The fourth-order valence-corrected chi connectivity index (χ4v) is 2.16. The highest BCUT2D eigenvalue weighted by atomic mass is 28.4. The molecule has 0 unspecified atom stereocenters. The van der Waals surface area contributed by atoms with Crippen molar-refractivity contribution in [2.45, 2.75) is 33.5 Å². The molecule has 0 radical (unpaired) electrons. The van der Waals surface area contributed by atoms with Gasteiger partial charge in [-0.2, -0.15) is 0 Å². The molecule has 0 bridgehead atoms. The van der Waals surface area contributed by atoms with Crippen LogP contribution in [0.3, 0.4) is 0 Å². The van der Waals surface area contributed by atoms with E-state index in [2.05, 4.69) is 19.6 Å². The first-order chi connectivity index (χ1) is 6.83. The van der Waals surface area contributed by atoms with Gasteiger partial charge < -0.3 is 4.43 Å². The third-order valence-electron chi connectivity index (χ3n) is 2.17. The van der Waals surface area contributed by atoms with Gasteiger partial charge in [0, 0.05) is 0 Å². The molecule has 1 aromatic carbocycles. The Balaban J connectivity index is 3.16. The van der Waals surface area contributed by atoms with Crippen molar-refractivity contribution in [1.29, 1.82) is 0 Å². The van der Waals surface area contributed by atoms with Gasteiger partial charge in [-0.25, -0.2) is 0 Å². The number of carbonyl (C=O) groups excluding carboxylic acids is 1. The van der Waals surface area contributed by atoms with Crippen LogP contribution in [0, 0.1) is 13.8 Å². The third kappa shape index (κ3) is 3.20. The Morgan fingerprint density at radius 3 is 2.13 bits per heavy atom. The summed E-state index contributed by atoms with van der Waals surface area (Å²) in [5, 5.41) is 0. The van der Waals surface area contributed by atoms with Crippen molar-refractivity contribution in [1.82, 2.24) is 0 Å². The van der Waals surface area contributed by atoms with Gasteiger partial charge in [0.05, 0.1) is 5.56 Å². The maximum Gasteiger partial charge on any atom is 0.242 e. The molecule has 3 heteroatoms. The summed E-state index contributed by atoms with van der Waals surface area (Å²) < 4.78 is 5.87. The number of aldehydes is 1. The molecule has 0 aliphatic carbocycles. The van der Waals surface area contributed by atoms with E-state index in [-0.39, 0.29) is 0 Å². The van der Waals surface area contributed by atoms with Crippen molar-refractivity contribution in [2.75, 3.05) is 0 Å². The average molecular weight is 222 g/mol. The summed E-state index contributed by atoms with van der Waals surface area (Å²) in [7, 11) is -1.64. The third-order valence-corrected chi connectivity index (χ3v) is 3.00. The Morgan fingerprint density at radius 2 is 1.67 bits per heavy atom. The van der Waals surface area contributed by atoms with Crippen LogP contribution < -0.4 is 4.43 Å². The predicted molar refractivity (Wildman–Crippen MR) is 65.3 cm³/mol. The molecule has 0 spiro atoms. The molecule has 0 saturated heterocycles. The fourth-order valence-electron chi connectivity index (χ4n) is 1.32. The number of benzene rings is 1. The van der Waals surface area contributed by atoms with E-state index < -0.39 is 8.32 Å². The molecule has 0 heterocycles. The first-order valence-corrected chi connectivity index (χ1v) is 8.50. The SMILES string of the molecule is Cc1cc(C=O)c(O[Si](C)(C)C)cc1C. The molecular formula is C12H18O2Si. The molecule has 0 aliphatic rings. The molecule has 0 N–H and O–H groups in total.